The molecule has 0 spiro atoms. The fourth-order valence-corrected chi connectivity index (χ4v) is 6.97. The van der Waals surface area contributed by atoms with Gasteiger partial charge >= 0.3 is 0 Å². The van der Waals surface area contributed by atoms with E-state index in [0.29, 0.717) is 27.9 Å². The highest BCUT2D eigenvalue weighted by Gasteiger charge is 2.32. The van der Waals surface area contributed by atoms with Crippen LogP contribution >= 0.6 is 23.2 Å². The molecular weight excluding hydrogens is 633 g/mol. The molecule has 1 saturated carbocycles. The van der Waals surface area contributed by atoms with Gasteiger partial charge in [-0.1, -0.05) is 78.9 Å². The van der Waals surface area contributed by atoms with Gasteiger partial charge < -0.3 is 15.0 Å². The number of nitrogens with one attached hydrogen (secondary N) is 1. The highest BCUT2D eigenvalue weighted by Crippen LogP contribution is 2.26. The summed E-state index contributed by atoms with van der Waals surface area (Å²) in [6.07, 6.45) is 6.85. The molecule has 0 saturated heterocycles. The molecule has 0 heterocycles. The third-order valence-electron chi connectivity index (χ3n) is 8.07. The first-order valence-corrected chi connectivity index (χ1v) is 17.8. The Bertz CT molecular complexity index is 1530. The molecule has 242 valence electrons. The largest absolute Gasteiger partial charge is 0.497 e. The lowest BCUT2D eigenvalue weighted by molar-refractivity contribution is -0.141. The van der Waals surface area contributed by atoms with E-state index in [0.717, 1.165) is 49.5 Å². The molecule has 0 unspecified atom stereocenters. The normalized spacial score (nSPS) is 14.4. The number of anilines is 1. The molecule has 8 nitrogen and oxygen atoms in total. The monoisotopic (exact) mass is 673 g/mol. The van der Waals surface area contributed by atoms with E-state index in [-0.39, 0.29) is 43.8 Å². The topological polar surface area (TPSA) is 96.0 Å². The van der Waals surface area contributed by atoms with Gasteiger partial charge in [0.1, 0.15) is 11.8 Å². The van der Waals surface area contributed by atoms with Crippen LogP contribution in [0.5, 0.6) is 5.75 Å². The van der Waals surface area contributed by atoms with Crippen LogP contribution in [0.1, 0.15) is 56.1 Å². The van der Waals surface area contributed by atoms with Crippen molar-refractivity contribution in [3.05, 3.63) is 94.0 Å². The molecule has 1 aliphatic rings. The van der Waals surface area contributed by atoms with Crippen LogP contribution in [0.15, 0.2) is 72.8 Å². The van der Waals surface area contributed by atoms with Crippen molar-refractivity contribution in [2.45, 2.75) is 70.0 Å². The number of carbonyl (C=O) groups is 2. The fourth-order valence-electron chi connectivity index (χ4n) is 5.69. The van der Waals surface area contributed by atoms with E-state index in [1.165, 1.54) is 4.31 Å². The molecule has 0 aromatic heterocycles. The second-order valence-electron chi connectivity index (χ2n) is 11.5. The fraction of sp³-hybridized carbons (Fsp3) is 0.412. The van der Waals surface area contributed by atoms with E-state index in [1.54, 1.807) is 54.5 Å². The van der Waals surface area contributed by atoms with Crippen LogP contribution in [0.2, 0.25) is 10.0 Å². The Balaban J connectivity index is 1.60. The van der Waals surface area contributed by atoms with Crippen molar-refractivity contribution in [3.8, 4) is 5.75 Å². The molecule has 1 fully saturated rings. The maximum atomic E-state index is 14.1. The van der Waals surface area contributed by atoms with Crippen LogP contribution in [-0.4, -0.2) is 57.1 Å². The Morgan fingerprint density at radius 1 is 0.933 bits per heavy atom. The molecule has 1 N–H and O–H groups in total. The lowest BCUT2D eigenvalue weighted by Crippen LogP contribution is -2.52. The van der Waals surface area contributed by atoms with E-state index in [4.69, 9.17) is 27.9 Å². The number of sulfonamides is 1. The number of methoxy groups -OCH3 is 1. The van der Waals surface area contributed by atoms with Gasteiger partial charge in [0.2, 0.25) is 21.8 Å². The average Bonchev–Trinajstić information content (AvgIpc) is 3.03. The Kier molecular flexibility index (Phi) is 12.6. The van der Waals surface area contributed by atoms with Crippen molar-refractivity contribution in [1.29, 1.82) is 0 Å². The molecule has 0 aliphatic heterocycles. The molecule has 4 rings (SSSR count). The van der Waals surface area contributed by atoms with Crippen molar-refractivity contribution >= 4 is 50.7 Å². The van der Waals surface area contributed by atoms with E-state index in [9.17, 15) is 18.0 Å². The van der Waals surface area contributed by atoms with E-state index < -0.39 is 16.1 Å². The van der Waals surface area contributed by atoms with Crippen LogP contribution in [0, 0.1) is 0 Å². The maximum Gasteiger partial charge on any atom is 0.243 e. The Hall–Kier alpha value is -3.27. The first-order valence-electron chi connectivity index (χ1n) is 15.2. The quantitative estimate of drug-likeness (QED) is 0.207. The van der Waals surface area contributed by atoms with E-state index in [2.05, 4.69) is 5.32 Å². The van der Waals surface area contributed by atoms with Gasteiger partial charge in [0.15, 0.2) is 0 Å². The van der Waals surface area contributed by atoms with Gasteiger partial charge in [-0.25, -0.2) is 8.42 Å². The molecule has 3 aromatic carbocycles. The van der Waals surface area contributed by atoms with Crippen molar-refractivity contribution in [2.75, 3.05) is 24.2 Å². The number of hydrogen-bond acceptors (Lipinski definition) is 5. The summed E-state index contributed by atoms with van der Waals surface area (Å²) in [7, 11) is -2.08. The number of benzene rings is 3. The first-order chi connectivity index (χ1) is 21.5. The van der Waals surface area contributed by atoms with Crippen molar-refractivity contribution < 1.29 is 22.7 Å². The zero-order valence-corrected chi connectivity index (χ0v) is 28.1. The molecule has 1 atom stereocenters. The third kappa shape index (κ3) is 10.1. The standard InChI is InChI=1S/C34H41Cl2N3O5S/c1-44-29-18-16-28(17-19-29)39(45(2,42)43)21-9-14-33(40)38(24-26-15-20-30(35)31(36)22-26)32(23-25-10-5-3-6-11-25)34(41)37-27-12-7-4-8-13-27/h3,5-6,10-11,15-20,22,27,32H,4,7-9,12-14,21,23-24H2,1-2H3,(H,37,41)/t32-/m0/s1. The van der Waals surface area contributed by atoms with Crippen LogP contribution in [0.4, 0.5) is 5.69 Å². The number of amides is 2. The highest BCUT2D eigenvalue weighted by atomic mass is 35.5. The molecule has 0 radical (unpaired) electrons. The summed E-state index contributed by atoms with van der Waals surface area (Å²) in [6.45, 7) is 0.231. The molecule has 2 amide bonds. The Morgan fingerprint density at radius 3 is 2.24 bits per heavy atom. The molecule has 1 aliphatic carbocycles. The van der Waals surface area contributed by atoms with Crippen molar-refractivity contribution in [3.63, 3.8) is 0 Å². The number of hydrogen-bond donors (Lipinski definition) is 1. The molecule has 11 heteroatoms. The summed E-state index contributed by atoms with van der Waals surface area (Å²) in [5.41, 5.74) is 2.14. The van der Waals surface area contributed by atoms with Gasteiger partial charge in [-0.2, -0.15) is 0 Å². The van der Waals surface area contributed by atoms with Crippen molar-refractivity contribution in [1.82, 2.24) is 10.2 Å². The predicted octanol–water partition coefficient (Wildman–Crippen LogP) is 6.64. The minimum Gasteiger partial charge on any atom is -0.497 e. The minimum absolute atomic E-state index is 0.0332. The van der Waals surface area contributed by atoms with Gasteiger partial charge in [0.25, 0.3) is 0 Å². The van der Waals surface area contributed by atoms with Gasteiger partial charge in [-0.15, -0.1) is 0 Å². The van der Waals surface area contributed by atoms with Gasteiger partial charge in [0.05, 0.1) is 29.1 Å². The number of halogens is 2. The summed E-state index contributed by atoms with van der Waals surface area (Å²) in [5.74, 6) is 0.149. The lowest BCUT2D eigenvalue weighted by Gasteiger charge is -2.34. The molecular formula is C34H41Cl2N3O5S. The smallest absolute Gasteiger partial charge is 0.243 e. The number of carbonyl (C=O) groups excluding carboxylic acids is 2. The number of rotatable bonds is 14. The third-order valence-corrected chi connectivity index (χ3v) is 10.0. The summed E-state index contributed by atoms with van der Waals surface area (Å²) < 4.78 is 31.9. The van der Waals surface area contributed by atoms with E-state index >= 15 is 0 Å². The number of ether oxygens (including phenoxy) is 1. The molecule has 0 bridgehead atoms. The maximum absolute atomic E-state index is 14.1. The highest BCUT2D eigenvalue weighted by molar-refractivity contribution is 7.92. The zero-order valence-electron chi connectivity index (χ0n) is 25.8. The zero-order chi connectivity index (χ0) is 32.4. The second kappa shape index (κ2) is 16.3. The summed E-state index contributed by atoms with van der Waals surface area (Å²) >= 11 is 12.5. The van der Waals surface area contributed by atoms with E-state index in [1.807, 2.05) is 30.3 Å². The van der Waals surface area contributed by atoms with Crippen LogP contribution in [0.3, 0.4) is 0 Å². The predicted molar refractivity (Wildman–Crippen MR) is 180 cm³/mol. The lowest BCUT2D eigenvalue weighted by atomic mass is 9.94. The number of nitrogens with zero attached hydrogens (tertiary/aromatic N) is 2. The van der Waals surface area contributed by atoms with Gasteiger partial charge in [-0.3, -0.25) is 13.9 Å². The molecule has 45 heavy (non-hydrogen) atoms. The SMILES string of the molecule is COc1ccc(N(CCCC(=O)N(Cc2ccc(Cl)c(Cl)c2)[C@@H](Cc2ccccc2)C(=O)NC2CCCCC2)S(C)(=O)=O)cc1. The van der Waals surface area contributed by atoms with Gasteiger partial charge in [0, 0.05) is 32.0 Å². The first kappa shape index (κ1) is 34.6. The van der Waals surface area contributed by atoms with Crippen LogP contribution in [-0.2, 0) is 32.6 Å². The van der Waals surface area contributed by atoms with Crippen LogP contribution < -0.4 is 14.4 Å². The Morgan fingerprint density at radius 2 is 1.62 bits per heavy atom. The average molecular weight is 675 g/mol. The minimum atomic E-state index is -3.62. The van der Waals surface area contributed by atoms with Gasteiger partial charge in [-0.05, 0) is 66.8 Å². The van der Waals surface area contributed by atoms with Crippen LogP contribution in [0.25, 0.3) is 0 Å². The summed E-state index contributed by atoms with van der Waals surface area (Å²) in [4.78, 5) is 29.7. The van der Waals surface area contributed by atoms with Crippen molar-refractivity contribution in [2.24, 2.45) is 0 Å². The summed E-state index contributed by atoms with van der Waals surface area (Å²) in [5, 5.41) is 3.98. The Labute approximate surface area is 276 Å². The molecule has 3 aromatic rings. The summed E-state index contributed by atoms with van der Waals surface area (Å²) in [6, 6.07) is 20.8. The second-order valence-corrected chi connectivity index (χ2v) is 14.2.